The zero-order valence-electron chi connectivity index (χ0n) is 12.2. The second kappa shape index (κ2) is 7.15. The maximum atomic E-state index is 5.55. The van der Waals surface area contributed by atoms with Crippen LogP contribution in [-0.2, 0) is 6.54 Å². The smallest absolute Gasteiger partial charge is 0.203 e. The fourth-order valence-electron chi connectivity index (χ4n) is 2.43. The largest absolute Gasteiger partial charge is 0.493 e. The minimum atomic E-state index is 0.642. The van der Waals surface area contributed by atoms with Crippen molar-refractivity contribution in [3.05, 3.63) is 16.1 Å². The molecule has 1 saturated heterocycles. The van der Waals surface area contributed by atoms with Crippen molar-refractivity contribution in [2.45, 2.75) is 6.54 Å². The molecule has 1 fully saturated rings. The molecule has 0 atom stereocenters. The van der Waals surface area contributed by atoms with Crippen LogP contribution in [0.3, 0.4) is 0 Å². The molecule has 6 heteroatoms. The summed E-state index contributed by atoms with van der Waals surface area (Å²) in [6.45, 7) is 4.93. The predicted molar refractivity (Wildman–Crippen MR) is 81.9 cm³/mol. The molecule has 0 spiro atoms. The summed E-state index contributed by atoms with van der Waals surface area (Å²) in [6.07, 6.45) is 0. The molecule has 112 valence electrons. The van der Waals surface area contributed by atoms with Crippen LogP contribution in [0.15, 0.2) is 10.5 Å². The molecular weight excluding hydrogens is 324 g/mol. The van der Waals surface area contributed by atoms with E-state index in [2.05, 4.69) is 26.1 Å². The van der Waals surface area contributed by atoms with Crippen LogP contribution in [0.4, 0.5) is 0 Å². The number of piperazine rings is 1. The molecule has 1 aromatic carbocycles. The van der Waals surface area contributed by atoms with Crippen LogP contribution in [0, 0.1) is 0 Å². The van der Waals surface area contributed by atoms with Crippen LogP contribution in [0.5, 0.6) is 17.2 Å². The van der Waals surface area contributed by atoms with E-state index in [9.17, 15) is 0 Å². The summed E-state index contributed by atoms with van der Waals surface area (Å²) < 4.78 is 17.3. The van der Waals surface area contributed by atoms with Crippen molar-refractivity contribution in [2.24, 2.45) is 0 Å². The summed E-state index contributed by atoms with van der Waals surface area (Å²) in [4.78, 5) is 2.39. The highest BCUT2D eigenvalue weighted by atomic mass is 79.9. The first-order chi connectivity index (χ1) is 9.71. The van der Waals surface area contributed by atoms with Crippen molar-refractivity contribution in [1.29, 1.82) is 0 Å². The summed E-state index contributed by atoms with van der Waals surface area (Å²) in [6, 6.07) is 1.93. The zero-order chi connectivity index (χ0) is 14.5. The maximum Gasteiger partial charge on any atom is 0.203 e. The van der Waals surface area contributed by atoms with Crippen LogP contribution in [0.25, 0.3) is 0 Å². The third-order valence-electron chi connectivity index (χ3n) is 3.47. The van der Waals surface area contributed by atoms with E-state index in [1.807, 2.05) is 6.07 Å². The van der Waals surface area contributed by atoms with Crippen LogP contribution in [0.1, 0.15) is 5.56 Å². The van der Waals surface area contributed by atoms with Crippen LogP contribution >= 0.6 is 15.9 Å². The highest BCUT2D eigenvalue weighted by Crippen LogP contribution is 2.44. The Hall–Kier alpha value is -0.980. The number of nitrogens with zero attached hydrogens (tertiary/aromatic N) is 1. The normalized spacial score (nSPS) is 16.0. The quantitative estimate of drug-likeness (QED) is 0.883. The first kappa shape index (κ1) is 15.4. The lowest BCUT2D eigenvalue weighted by molar-refractivity contribution is 0.228. The molecule has 1 aromatic rings. The fraction of sp³-hybridized carbons (Fsp3) is 0.571. The van der Waals surface area contributed by atoms with Crippen molar-refractivity contribution in [3.63, 3.8) is 0 Å². The van der Waals surface area contributed by atoms with Gasteiger partial charge in [-0.25, -0.2) is 0 Å². The third-order valence-corrected chi connectivity index (χ3v) is 4.18. The average Bonchev–Trinajstić information content (AvgIpc) is 2.49. The molecule has 0 amide bonds. The van der Waals surface area contributed by atoms with E-state index in [0.717, 1.165) is 48.5 Å². The van der Waals surface area contributed by atoms with Gasteiger partial charge < -0.3 is 19.5 Å². The van der Waals surface area contributed by atoms with E-state index in [-0.39, 0.29) is 0 Å². The molecule has 1 aliphatic heterocycles. The van der Waals surface area contributed by atoms with Gasteiger partial charge in [-0.05, 0) is 6.07 Å². The van der Waals surface area contributed by atoms with Gasteiger partial charge in [-0.2, -0.15) is 0 Å². The zero-order valence-corrected chi connectivity index (χ0v) is 13.7. The molecule has 1 N–H and O–H groups in total. The van der Waals surface area contributed by atoms with Crippen molar-refractivity contribution in [1.82, 2.24) is 10.2 Å². The number of rotatable bonds is 5. The van der Waals surface area contributed by atoms with Crippen LogP contribution in [0.2, 0.25) is 0 Å². The van der Waals surface area contributed by atoms with E-state index in [1.165, 1.54) is 0 Å². The first-order valence-corrected chi connectivity index (χ1v) is 7.41. The lowest BCUT2D eigenvalue weighted by Crippen LogP contribution is -2.43. The van der Waals surface area contributed by atoms with E-state index >= 15 is 0 Å². The Morgan fingerprint density at radius 1 is 1.10 bits per heavy atom. The van der Waals surface area contributed by atoms with Gasteiger partial charge in [0.25, 0.3) is 0 Å². The van der Waals surface area contributed by atoms with Crippen molar-refractivity contribution < 1.29 is 14.2 Å². The van der Waals surface area contributed by atoms with E-state index in [1.54, 1.807) is 21.3 Å². The number of benzene rings is 1. The molecule has 20 heavy (non-hydrogen) atoms. The topological polar surface area (TPSA) is 43.0 Å². The molecule has 0 saturated carbocycles. The van der Waals surface area contributed by atoms with Gasteiger partial charge in [0.2, 0.25) is 5.75 Å². The van der Waals surface area contributed by atoms with E-state index in [0.29, 0.717) is 11.5 Å². The van der Waals surface area contributed by atoms with Gasteiger partial charge in [-0.3, -0.25) is 4.90 Å². The van der Waals surface area contributed by atoms with Crippen LogP contribution < -0.4 is 19.5 Å². The van der Waals surface area contributed by atoms with E-state index in [4.69, 9.17) is 14.2 Å². The second-order valence-corrected chi connectivity index (χ2v) is 5.49. The van der Waals surface area contributed by atoms with Gasteiger partial charge in [-0.1, -0.05) is 15.9 Å². The minimum absolute atomic E-state index is 0.642. The molecule has 0 radical (unpaired) electrons. The summed E-state index contributed by atoms with van der Waals surface area (Å²) in [5.41, 5.74) is 1.09. The minimum Gasteiger partial charge on any atom is -0.493 e. The first-order valence-electron chi connectivity index (χ1n) is 6.61. The van der Waals surface area contributed by atoms with Crippen LogP contribution in [-0.4, -0.2) is 52.4 Å². The summed E-state index contributed by atoms with van der Waals surface area (Å²) in [5.74, 6) is 2.04. The molecule has 0 aromatic heterocycles. The molecule has 1 heterocycles. The lowest BCUT2D eigenvalue weighted by atomic mass is 10.1. The Labute approximate surface area is 128 Å². The Balaban J connectivity index is 2.35. The number of halogens is 1. The van der Waals surface area contributed by atoms with E-state index < -0.39 is 0 Å². The summed E-state index contributed by atoms with van der Waals surface area (Å²) in [5, 5.41) is 3.36. The van der Waals surface area contributed by atoms with Gasteiger partial charge in [0.15, 0.2) is 11.5 Å². The maximum absolute atomic E-state index is 5.55. The Morgan fingerprint density at radius 2 is 1.75 bits per heavy atom. The number of hydrogen-bond donors (Lipinski definition) is 1. The van der Waals surface area contributed by atoms with Gasteiger partial charge in [0, 0.05) is 42.8 Å². The number of hydrogen-bond acceptors (Lipinski definition) is 5. The molecule has 0 bridgehead atoms. The molecule has 0 unspecified atom stereocenters. The van der Waals surface area contributed by atoms with Crippen molar-refractivity contribution >= 4 is 15.9 Å². The Bertz CT molecular complexity index is 462. The molecule has 5 nitrogen and oxygen atoms in total. The predicted octanol–water partition coefficient (Wildman–Crippen LogP) is 1.88. The highest BCUT2D eigenvalue weighted by molar-refractivity contribution is 9.10. The Morgan fingerprint density at radius 3 is 2.30 bits per heavy atom. The summed E-state index contributed by atoms with van der Waals surface area (Å²) >= 11 is 3.61. The second-order valence-electron chi connectivity index (χ2n) is 4.63. The standard InChI is InChI=1S/C14H21BrN2O3/c1-18-12-8-11(15)10(13(19-2)14(12)20-3)9-17-6-4-16-5-7-17/h8,16H,4-7,9H2,1-3H3. The highest BCUT2D eigenvalue weighted by Gasteiger charge is 2.22. The molecule has 2 rings (SSSR count). The summed E-state index contributed by atoms with van der Waals surface area (Å²) in [7, 11) is 4.91. The van der Waals surface area contributed by atoms with Gasteiger partial charge in [0.1, 0.15) is 0 Å². The van der Waals surface area contributed by atoms with Gasteiger partial charge in [0.05, 0.1) is 21.3 Å². The molecule has 0 aliphatic carbocycles. The fourth-order valence-corrected chi connectivity index (χ4v) is 2.94. The SMILES string of the molecule is COc1cc(Br)c(CN2CCNCC2)c(OC)c1OC. The van der Waals surface area contributed by atoms with Crippen molar-refractivity contribution in [2.75, 3.05) is 47.5 Å². The third kappa shape index (κ3) is 3.19. The van der Waals surface area contributed by atoms with Gasteiger partial charge in [-0.15, -0.1) is 0 Å². The average molecular weight is 345 g/mol. The number of methoxy groups -OCH3 is 3. The lowest BCUT2D eigenvalue weighted by Gasteiger charge is -2.28. The van der Waals surface area contributed by atoms with Gasteiger partial charge >= 0.3 is 0 Å². The molecular formula is C14H21BrN2O3. The number of ether oxygens (including phenoxy) is 3. The Kier molecular flexibility index (Phi) is 5.51. The number of nitrogens with one attached hydrogen (secondary N) is 1. The molecule has 1 aliphatic rings. The monoisotopic (exact) mass is 344 g/mol. The van der Waals surface area contributed by atoms with Crippen molar-refractivity contribution in [3.8, 4) is 17.2 Å².